The number of anilines is 3. The summed E-state index contributed by atoms with van der Waals surface area (Å²) in [4.78, 5) is 137. The summed E-state index contributed by atoms with van der Waals surface area (Å²) < 4.78 is 75.4. The number of imide groups is 1. The molecule has 0 spiro atoms. The van der Waals surface area contributed by atoms with Crippen molar-refractivity contribution in [2.24, 2.45) is 23.5 Å². The molecule has 0 radical (unpaired) electrons. The van der Waals surface area contributed by atoms with Gasteiger partial charge in [0.15, 0.2) is 59.0 Å². The number of nitrogens with zero attached hydrogens (tertiary/aromatic N) is 9. The van der Waals surface area contributed by atoms with E-state index in [2.05, 4.69) is 56.5 Å². The van der Waals surface area contributed by atoms with Crippen LogP contribution in [0.2, 0.25) is 0 Å². The first kappa shape index (κ1) is 66.5. The highest BCUT2D eigenvalue weighted by atomic mass is 32.5. The second kappa shape index (κ2) is 28.9. The van der Waals surface area contributed by atoms with Crippen molar-refractivity contribution in [3.05, 3.63) is 55.1 Å². The van der Waals surface area contributed by atoms with Crippen molar-refractivity contribution in [2.75, 3.05) is 55.8 Å². The first-order valence-electron chi connectivity index (χ1n) is 28.1. The Morgan fingerprint density at radius 2 is 1.42 bits per heavy atom. The van der Waals surface area contributed by atoms with E-state index < -0.39 is 123 Å². The summed E-state index contributed by atoms with van der Waals surface area (Å²) in [7, 11) is 0. The summed E-state index contributed by atoms with van der Waals surface area (Å²) in [6.45, 7) is -4.69. The quantitative estimate of drug-likeness (QED) is 0.0258. The number of ether oxygens (including phenoxy) is 3. The molecule has 4 saturated heterocycles. The van der Waals surface area contributed by atoms with Crippen LogP contribution in [0, 0.1) is 17.8 Å². The zero-order valence-corrected chi connectivity index (χ0v) is 51.4. The number of ketones is 1. The molecule has 5 aromatic rings. The zero-order valence-electron chi connectivity index (χ0n) is 48.0. The number of fused-ring (bicyclic) bond motifs is 4. The highest BCUT2D eigenvalue weighted by Crippen LogP contribution is 2.55. The predicted octanol–water partition coefficient (Wildman–Crippen LogP) is 2.59. The Bertz CT molecular complexity index is 3540. The number of rotatable bonds is 23. The van der Waals surface area contributed by atoms with Gasteiger partial charge in [0.2, 0.25) is 23.6 Å². The number of nitrogens with two attached hydrogens (primary N) is 2. The Morgan fingerprint density at radius 1 is 0.820 bits per heavy atom. The molecule has 1 aromatic carbocycles. The minimum Gasteiger partial charge on any atom is -0.445 e. The van der Waals surface area contributed by atoms with Gasteiger partial charge in [-0.3, -0.25) is 47.1 Å². The molecule has 32 nitrogen and oxygen atoms in total. The summed E-state index contributed by atoms with van der Waals surface area (Å²) >= 11 is 10.5. The molecule has 8 heterocycles. The maximum absolute atomic E-state index is 16.7. The van der Waals surface area contributed by atoms with Gasteiger partial charge in [-0.1, -0.05) is 32.9 Å². The Hall–Kier alpha value is -6.95. The highest BCUT2D eigenvalue weighted by Gasteiger charge is 2.54. The second-order valence-electron chi connectivity index (χ2n) is 21.6. The molecule has 4 aromatic heterocycles. The lowest BCUT2D eigenvalue weighted by molar-refractivity contribution is -0.140. The van der Waals surface area contributed by atoms with E-state index in [9.17, 15) is 43.3 Å². The van der Waals surface area contributed by atoms with Crippen LogP contribution in [-0.2, 0) is 86.5 Å². The van der Waals surface area contributed by atoms with E-state index in [4.69, 9.17) is 67.4 Å². The maximum Gasteiger partial charge on any atom is 0.407 e. The number of hydrogen-bond donors (Lipinski definition) is 9. The van der Waals surface area contributed by atoms with E-state index in [1.807, 2.05) is 0 Å². The lowest BCUT2D eigenvalue weighted by atomic mass is 9.89. The van der Waals surface area contributed by atoms with Gasteiger partial charge in [-0.25, -0.2) is 48.3 Å². The van der Waals surface area contributed by atoms with Gasteiger partial charge in [0.1, 0.15) is 49.2 Å². The van der Waals surface area contributed by atoms with Crippen LogP contribution in [0.25, 0.3) is 22.3 Å². The molecule has 7 amide bonds. The third kappa shape index (κ3) is 16.3. The first-order valence-corrected chi connectivity index (χ1v) is 33.3. The second-order valence-corrected chi connectivity index (χ2v) is 27.2. The number of halogens is 2. The van der Waals surface area contributed by atoms with Crippen LogP contribution in [0.15, 0.2) is 49.6 Å². The number of aromatic nitrogens is 8. The first-order chi connectivity index (χ1) is 42.4. The number of imidazole rings is 2. The Kier molecular flexibility index (Phi) is 21.6. The highest BCUT2D eigenvalue weighted by molar-refractivity contribution is 8.07. The van der Waals surface area contributed by atoms with Gasteiger partial charge in [-0.15, -0.1) is 0 Å². The molecular weight excluding hydrogens is 1260 g/mol. The van der Waals surface area contributed by atoms with E-state index in [-0.39, 0.29) is 110 Å². The minimum atomic E-state index is -4.38. The monoisotopic (exact) mass is 1320 g/mol. The Balaban J connectivity index is 0.730. The molecule has 4 fully saturated rings. The van der Waals surface area contributed by atoms with Gasteiger partial charge >= 0.3 is 25.6 Å². The number of primary amides is 1. The van der Waals surface area contributed by atoms with Crippen LogP contribution in [-0.4, -0.2) is 177 Å². The number of carbonyl (C=O) groups excluding carboxylic acids is 7. The molecule has 0 aliphatic carbocycles. The van der Waals surface area contributed by atoms with Crippen LogP contribution in [0.4, 0.5) is 35.7 Å². The van der Waals surface area contributed by atoms with Crippen LogP contribution < -0.4 is 38.1 Å². The van der Waals surface area contributed by atoms with E-state index in [1.165, 1.54) is 28.1 Å². The number of hydrogen-bond acceptors (Lipinski definition) is 24. The number of urea groups is 1. The largest absolute Gasteiger partial charge is 0.445 e. The van der Waals surface area contributed by atoms with Crippen molar-refractivity contribution in [1.29, 1.82) is 0 Å². The van der Waals surface area contributed by atoms with E-state index in [1.54, 1.807) is 45.0 Å². The topological polar surface area (TPSA) is 427 Å². The molecule has 4 aliphatic heterocycles. The lowest BCUT2D eigenvalue weighted by Crippen LogP contribution is -2.46. The van der Waals surface area contributed by atoms with Crippen molar-refractivity contribution < 1.29 is 84.4 Å². The molecule has 4 aliphatic rings. The van der Waals surface area contributed by atoms with Gasteiger partial charge in [0.25, 0.3) is 0 Å². The molecule has 482 valence electrons. The van der Waals surface area contributed by atoms with Gasteiger partial charge in [-0.2, -0.15) is 0 Å². The number of alkyl halides is 2. The van der Waals surface area contributed by atoms with Gasteiger partial charge in [0, 0.05) is 63.0 Å². The minimum absolute atomic E-state index is 0.0270. The normalized spacial score (nSPS) is 27.1. The maximum atomic E-state index is 16.7. The third-order valence-corrected chi connectivity index (χ3v) is 18.0. The zero-order chi connectivity index (χ0) is 63.9. The summed E-state index contributed by atoms with van der Waals surface area (Å²) in [5.74, 6) is -3.61. The van der Waals surface area contributed by atoms with Crippen molar-refractivity contribution in [3.63, 3.8) is 0 Å². The number of nitrogens with one attached hydrogen (secondary N) is 5. The fraction of sp³-hybridized carbons (Fsp3) is 0.549. The van der Waals surface area contributed by atoms with Crippen molar-refractivity contribution in [1.82, 2.24) is 59.9 Å². The Labute approximate surface area is 516 Å². The number of benzene rings is 1. The summed E-state index contributed by atoms with van der Waals surface area (Å²) in [6.07, 6.45) is -8.76. The fourth-order valence-electron chi connectivity index (χ4n) is 10.3. The molecule has 11 N–H and O–H groups in total. The molecule has 0 bridgehead atoms. The van der Waals surface area contributed by atoms with Crippen molar-refractivity contribution in [3.8, 4) is 0 Å². The average molecular weight is 1320 g/mol. The standard InChI is InChI=1S/C51H66F2N16O16P2S2/c1-25(2)37(66-33(71)11-15-67-34(72)16-26(3)47(67)74)30(70)17-28(6-4-12-57-50(55)75)46(73)65-29-9-7-27(8-10-29)18-79-51(76)58-14-5-13-56-43-39-45(62-22-60-43)69(24-64-39)49-36(53)41-32(83-49)20-81-86(77,88)84-40-31(19-80-87(78,89)85-41)82-48(35(40)52)68-23-63-38-42(54)59-21-61-44(38)68/h7-10,21-26,28,31-32,35-37,40-41,48-49H,4-6,11-20H2,1-3H3,(H,58,76)(H,65,73)(H,66,71)(H,77,88)(H,78,89)(H2,54,59,61)(H3,55,57,75)(H,56,60,62)/t26?,28-,31-,32-,35-,36-,37+,40-,41-,48-,49-,86?,87?/m1/s1. The van der Waals surface area contributed by atoms with Crippen molar-refractivity contribution >= 4 is 118 Å². The molecule has 13 atom stereocenters. The average Bonchev–Trinajstić information content (AvgIpc) is 1.68. The molecule has 9 rings (SSSR count). The van der Waals surface area contributed by atoms with Gasteiger partial charge in [-0.05, 0) is 66.5 Å². The SMILES string of the molecule is CC1CC(=O)N(CCC(=O)N[C@H](C(=O)C[C@@H](CCCNC(N)=O)C(=O)Nc2ccc(COC(=O)NCCCNc3ncnc4c3ncn4[C@@H]3O[C@@H]4COP(O)(=S)O[C@H]5[C@@H](F)[C@H](n6cnc7c(N)ncnc76)O[C@@H]5COP(O)(=S)O[C@H]4[C@H]3F)cc2)C(C)C)C1=O. The van der Waals surface area contributed by atoms with E-state index >= 15 is 8.78 Å². The van der Waals surface area contributed by atoms with Crippen LogP contribution in [0.3, 0.4) is 0 Å². The summed E-state index contributed by atoms with van der Waals surface area (Å²) in [6, 6.07) is 4.71. The number of carbonyl (C=O) groups is 7. The van der Waals surface area contributed by atoms with Gasteiger partial charge < -0.3 is 71.1 Å². The summed E-state index contributed by atoms with van der Waals surface area (Å²) in [5, 5.41) is 13.7. The van der Waals surface area contributed by atoms with E-state index in [0.717, 1.165) is 11.2 Å². The third-order valence-electron chi connectivity index (χ3n) is 14.9. The lowest BCUT2D eigenvalue weighted by Gasteiger charge is -2.29. The molecule has 38 heteroatoms. The Morgan fingerprint density at radius 3 is 2.01 bits per heavy atom. The number of alkyl carbamates (subject to hydrolysis) is 1. The molecule has 3 unspecified atom stereocenters. The molecular formula is C51H66F2N16O16P2S2. The van der Waals surface area contributed by atoms with Crippen LogP contribution >= 0.6 is 13.4 Å². The molecule has 0 saturated carbocycles. The van der Waals surface area contributed by atoms with Crippen LogP contribution in [0.1, 0.15) is 77.3 Å². The predicted molar refractivity (Wildman–Crippen MR) is 316 cm³/mol. The van der Waals surface area contributed by atoms with E-state index in [0.29, 0.717) is 24.1 Å². The van der Waals surface area contributed by atoms with Crippen LogP contribution in [0.5, 0.6) is 0 Å². The number of nitrogen functional groups attached to an aromatic ring is 1. The summed E-state index contributed by atoms with van der Waals surface area (Å²) in [5.41, 5.74) is 12.7. The fourth-order valence-corrected chi connectivity index (χ4v) is 13.2. The molecule has 89 heavy (non-hydrogen) atoms. The number of likely N-dealkylation sites (tertiary alicyclic amines) is 1. The van der Waals surface area contributed by atoms with Crippen molar-refractivity contribution in [2.45, 2.75) is 121 Å². The number of amides is 7. The van der Waals surface area contributed by atoms with Gasteiger partial charge in [0.05, 0.1) is 31.9 Å². The number of Topliss-reactive ketones (excluding diaryl/α,β-unsaturated/α-hetero) is 1. The smallest absolute Gasteiger partial charge is 0.407 e.